The molecule has 35 heavy (non-hydrogen) atoms. The first-order valence-electron chi connectivity index (χ1n) is 11.6. The van der Waals surface area contributed by atoms with Crippen LogP contribution in [0, 0.1) is 5.82 Å². The minimum absolute atomic E-state index is 0.00338. The average molecular weight is 471 g/mol. The van der Waals surface area contributed by atoms with Crippen LogP contribution in [0.15, 0.2) is 53.5 Å². The molecule has 4 heterocycles. The zero-order chi connectivity index (χ0) is 23.9. The predicted molar refractivity (Wildman–Crippen MR) is 125 cm³/mol. The second-order valence-corrected chi connectivity index (χ2v) is 8.90. The largest absolute Gasteiger partial charge is 0.370 e. The van der Waals surface area contributed by atoms with Crippen molar-refractivity contribution in [3.63, 3.8) is 0 Å². The number of ether oxygens (including phenoxy) is 1. The van der Waals surface area contributed by atoms with Crippen molar-refractivity contribution >= 4 is 16.7 Å². The number of carbonyl (C=O) groups is 1. The van der Waals surface area contributed by atoms with Gasteiger partial charge in [0.05, 0.1) is 28.9 Å². The van der Waals surface area contributed by atoms with Gasteiger partial charge < -0.3 is 9.64 Å². The normalized spacial score (nSPS) is 17.2. The van der Waals surface area contributed by atoms with Gasteiger partial charge in [-0.3, -0.25) is 9.59 Å². The van der Waals surface area contributed by atoms with Crippen LogP contribution < -0.4 is 5.56 Å². The van der Waals surface area contributed by atoms with Crippen molar-refractivity contribution < 1.29 is 13.9 Å². The molecule has 0 bridgehead atoms. The fourth-order valence-corrected chi connectivity index (χ4v) is 4.77. The molecule has 1 amide bonds. The van der Waals surface area contributed by atoms with Gasteiger partial charge in [-0.25, -0.2) is 19.5 Å². The molecule has 0 radical (unpaired) electrons. The SMILES string of the molecule is O=C(c1cc(Cc2n[nH]c(=O)c3ccccc23)ccc1F)N1Cc2cnc(C3CCCO3)nc2C1. The highest BCUT2D eigenvalue weighted by Crippen LogP contribution is 2.29. The van der Waals surface area contributed by atoms with Crippen LogP contribution in [0.3, 0.4) is 0 Å². The molecule has 0 spiro atoms. The monoisotopic (exact) mass is 471 g/mol. The quantitative estimate of drug-likeness (QED) is 0.489. The Morgan fingerprint density at radius 2 is 2.03 bits per heavy atom. The van der Waals surface area contributed by atoms with E-state index < -0.39 is 11.7 Å². The first-order valence-corrected chi connectivity index (χ1v) is 11.6. The van der Waals surface area contributed by atoms with E-state index in [-0.39, 0.29) is 17.2 Å². The maximum Gasteiger partial charge on any atom is 0.272 e. The smallest absolute Gasteiger partial charge is 0.272 e. The summed E-state index contributed by atoms with van der Waals surface area (Å²) >= 11 is 0. The number of halogens is 1. The Kier molecular flexibility index (Phi) is 5.33. The standard InChI is InChI=1S/C26H22FN5O3/c27-20-8-7-15(11-21-17-4-1-2-5-18(17)25(33)31-30-21)10-19(20)26(34)32-13-16-12-28-24(29-22(16)14-32)23-6-3-9-35-23/h1-2,4-5,7-8,10,12,23H,3,6,9,11,13-14H2,(H,31,33). The van der Waals surface area contributed by atoms with Crippen molar-refractivity contribution in [3.8, 4) is 0 Å². The number of hydrogen-bond donors (Lipinski definition) is 1. The Hall–Kier alpha value is -3.98. The van der Waals surface area contributed by atoms with Crippen LogP contribution in [0.2, 0.25) is 0 Å². The molecule has 4 aromatic rings. The highest BCUT2D eigenvalue weighted by atomic mass is 19.1. The van der Waals surface area contributed by atoms with Gasteiger partial charge in [0.15, 0.2) is 5.82 Å². The number of aromatic amines is 1. The second kappa shape index (κ2) is 8.66. The molecule has 1 unspecified atom stereocenters. The van der Waals surface area contributed by atoms with Crippen LogP contribution >= 0.6 is 0 Å². The number of nitrogens with zero attached hydrogens (tertiary/aromatic N) is 4. The third-order valence-electron chi connectivity index (χ3n) is 6.59. The Labute approximate surface area is 199 Å². The minimum atomic E-state index is -0.583. The fourth-order valence-electron chi connectivity index (χ4n) is 4.77. The zero-order valence-electron chi connectivity index (χ0n) is 18.8. The Morgan fingerprint density at radius 3 is 2.86 bits per heavy atom. The third-order valence-corrected chi connectivity index (χ3v) is 6.59. The van der Waals surface area contributed by atoms with E-state index in [1.165, 1.54) is 6.07 Å². The summed E-state index contributed by atoms with van der Waals surface area (Å²) in [4.78, 5) is 36.0. The molecular formula is C26H22FN5O3. The molecular weight excluding hydrogens is 449 g/mol. The van der Waals surface area contributed by atoms with Gasteiger partial charge in [-0.05, 0) is 36.6 Å². The molecule has 176 valence electrons. The molecule has 1 N–H and O–H groups in total. The molecule has 8 nitrogen and oxygen atoms in total. The molecule has 1 fully saturated rings. The number of carbonyl (C=O) groups excluding carboxylic acids is 1. The van der Waals surface area contributed by atoms with Crippen LogP contribution in [-0.2, 0) is 24.2 Å². The summed E-state index contributed by atoms with van der Waals surface area (Å²) in [5, 5.41) is 7.97. The van der Waals surface area contributed by atoms with Crippen LogP contribution in [-0.4, -0.2) is 37.6 Å². The van der Waals surface area contributed by atoms with Gasteiger partial charge in [-0.1, -0.05) is 24.3 Å². The van der Waals surface area contributed by atoms with Crippen molar-refractivity contribution in [2.45, 2.75) is 38.5 Å². The average Bonchev–Trinajstić information content (AvgIpc) is 3.56. The third kappa shape index (κ3) is 3.97. The van der Waals surface area contributed by atoms with Gasteiger partial charge >= 0.3 is 0 Å². The Balaban J connectivity index is 1.25. The molecule has 2 aromatic carbocycles. The summed E-state index contributed by atoms with van der Waals surface area (Å²) in [6, 6.07) is 11.7. The Bertz CT molecular complexity index is 1510. The fraction of sp³-hybridized carbons (Fsp3) is 0.269. The van der Waals surface area contributed by atoms with Crippen molar-refractivity contribution in [3.05, 3.63) is 98.7 Å². The molecule has 2 aromatic heterocycles. The lowest BCUT2D eigenvalue weighted by atomic mass is 10.0. The maximum atomic E-state index is 14.8. The van der Waals surface area contributed by atoms with Crippen molar-refractivity contribution in [1.82, 2.24) is 25.1 Å². The topological polar surface area (TPSA) is 101 Å². The lowest BCUT2D eigenvalue weighted by Crippen LogP contribution is -2.26. The number of amides is 1. The molecule has 6 rings (SSSR count). The molecule has 1 saturated heterocycles. The van der Waals surface area contributed by atoms with E-state index >= 15 is 0 Å². The number of H-pyrrole nitrogens is 1. The van der Waals surface area contributed by atoms with Crippen molar-refractivity contribution in [1.29, 1.82) is 0 Å². The summed E-state index contributed by atoms with van der Waals surface area (Å²) in [7, 11) is 0. The first kappa shape index (κ1) is 21.5. The molecule has 1 atom stereocenters. The summed E-state index contributed by atoms with van der Waals surface area (Å²) in [5.41, 5.74) is 2.74. The van der Waals surface area contributed by atoms with Gasteiger partial charge in [0.25, 0.3) is 11.5 Å². The van der Waals surface area contributed by atoms with E-state index in [1.807, 2.05) is 12.1 Å². The molecule has 2 aliphatic rings. The number of rotatable bonds is 4. The lowest BCUT2D eigenvalue weighted by Gasteiger charge is -2.16. The number of fused-ring (bicyclic) bond motifs is 2. The first-order chi connectivity index (χ1) is 17.1. The second-order valence-electron chi connectivity index (χ2n) is 8.90. The van der Waals surface area contributed by atoms with Crippen molar-refractivity contribution in [2.75, 3.05) is 6.61 Å². The van der Waals surface area contributed by atoms with Gasteiger partial charge in [-0.2, -0.15) is 5.10 Å². The van der Waals surface area contributed by atoms with E-state index in [1.54, 1.807) is 35.4 Å². The summed E-state index contributed by atoms with van der Waals surface area (Å²) in [6.45, 7) is 1.33. The van der Waals surface area contributed by atoms with Gasteiger partial charge in [-0.15, -0.1) is 0 Å². The van der Waals surface area contributed by atoms with E-state index in [0.29, 0.717) is 43.0 Å². The number of aromatic nitrogens is 4. The van der Waals surface area contributed by atoms with Crippen LogP contribution in [0.25, 0.3) is 10.8 Å². The minimum Gasteiger partial charge on any atom is -0.370 e. The molecule has 0 aliphatic carbocycles. The number of nitrogens with one attached hydrogen (secondary N) is 1. The zero-order valence-corrected chi connectivity index (χ0v) is 18.8. The van der Waals surface area contributed by atoms with Gasteiger partial charge in [0.2, 0.25) is 0 Å². The molecule has 9 heteroatoms. The number of hydrogen-bond acceptors (Lipinski definition) is 6. The highest BCUT2D eigenvalue weighted by Gasteiger charge is 2.29. The predicted octanol–water partition coefficient (Wildman–Crippen LogP) is 3.45. The highest BCUT2D eigenvalue weighted by molar-refractivity contribution is 5.95. The summed E-state index contributed by atoms with van der Waals surface area (Å²) in [6.07, 6.45) is 3.85. The van der Waals surface area contributed by atoms with E-state index in [4.69, 9.17) is 4.74 Å². The summed E-state index contributed by atoms with van der Waals surface area (Å²) < 4.78 is 20.4. The van der Waals surface area contributed by atoms with Crippen LogP contribution in [0.4, 0.5) is 4.39 Å². The van der Waals surface area contributed by atoms with E-state index in [2.05, 4.69) is 20.2 Å². The molecule has 0 saturated carbocycles. The maximum absolute atomic E-state index is 14.8. The van der Waals surface area contributed by atoms with Crippen molar-refractivity contribution in [2.24, 2.45) is 0 Å². The van der Waals surface area contributed by atoms with E-state index in [9.17, 15) is 14.0 Å². The van der Waals surface area contributed by atoms with Gasteiger partial charge in [0, 0.05) is 36.7 Å². The van der Waals surface area contributed by atoms with Crippen LogP contribution in [0.1, 0.15) is 57.6 Å². The van der Waals surface area contributed by atoms with Crippen LogP contribution in [0.5, 0.6) is 0 Å². The Morgan fingerprint density at radius 1 is 1.17 bits per heavy atom. The molecule has 2 aliphatic heterocycles. The summed E-state index contributed by atoms with van der Waals surface area (Å²) in [5.74, 6) is -0.343. The van der Waals surface area contributed by atoms with Gasteiger partial charge in [0.1, 0.15) is 11.9 Å². The lowest BCUT2D eigenvalue weighted by molar-refractivity contribution is 0.0745. The number of benzene rings is 2. The van der Waals surface area contributed by atoms with E-state index in [0.717, 1.165) is 35.0 Å².